The summed E-state index contributed by atoms with van der Waals surface area (Å²) in [5.74, 6) is 0.729. The van der Waals surface area contributed by atoms with E-state index in [-0.39, 0.29) is 27.9 Å². The maximum absolute atomic E-state index is 12.8. The van der Waals surface area contributed by atoms with Crippen molar-refractivity contribution in [2.75, 3.05) is 33.4 Å². The molecule has 2 aromatic carbocycles. The Balaban J connectivity index is 1.51. The quantitative estimate of drug-likeness (QED) is 0.524. The number of benzene rings is 2. The van der Waals surface area contributed by atoms with Crippen LogP contribution in [-0.2, 0) is 0 Å². The molecule has 164 valence electrons. The molecule has 1 aliphatic heterocycles. The summed E-state index contributed by atoms with van der Waals surface area (Å²) in [5, 5.41) is 10.9. The van der Waals surface area contributed by atoms with Gasteiger partial charge in [-0.1, -0.05) is 36.8 Å². The fourth-order valence-electron chi connectivity index (χ4n) is 4.09. The molecule has 0 bridgehead atoms. The second-order valence-electron chi connectivity index (χ2n) is 7.93. The second-order valence-corrected chi connectivity index (χ2v) is 7.93. The molecular weight excluding hydrogens is 394 g/mol. The molecule has 1 saturated heterocycles. The van der Waals surface area contributed by atoms with Gasteiger partial charge in [0.25, 0.3) is 0 Å². The van der Waals surface area contributed by atoms with E-state index in [2.05, 4.69) is 4.90 Å². The number of piperidine rings is 1. The summed E-state index contributed by atoms with van der Waals surface area (Å²) in [5.41, 5.74) is 0.724. The molecule has 0 radical (unpaired) electrons. The molecule has 1 N–H and O–H groups in total. The van der Waals surface area contributed by atoms with E-state index < -0.39 is 0 Å². The number of hydrogen-bond acceptors (Lipinski definition) is 6. The molecule has 0 saturated carbocycles. The number of phenolic OH excluding ortho intramolecular Hbond substituents is 1. The average Bonchev–Trinajstić information content (AvgIpc) is 2.80. The number of aromatic hydroxyl groups is 1. The number of methoxy groups -OCH3 is 1. The van der Waals surface area contributed by atoms with Crippen molar-refractivity contribution in [2.45, 2.75) is 32.1 Å². The molecule has 0 spiro atoms. The van der Waals surface area contributed by atoms with Crippen LogP contribution in [0.5, 0.6) is 17.2 Å². The molecule has 6 heteroatoms. The molecular formula is C25H29NO5. The predicted molar refractivity (Wildman–Crippen MR) is 121 cm³/mol. The topological polar surface area (TPSA) is 72.1 Å². The Morgan fingerprint density at radius 1 is 1.06 bits per heavy atom. The Morgan fingerprint density at radius 3 is 2.58 bits per heavy atom. The summed E-state index contributed by atoms with van der Waals surface area (Å²) in [7, 11) is 1.50. The van der Waals surface area contributed by atoms with E-state index >= 15 is 0 Å². The first-order valence-electron chi connectivity index (χ1n) is 11.0. The fourth-order valence-corrected chi connectivity index (χ4v) is 4.09. The van der Waals surface area contributed by atoms with Gasteiger partial charge < -0.3 is 23.9 Å². The lowest BCUT2D eigenvalue weighted by Crippen LogP contribution is -2.30. The highest BCUT2D eigenvalue weighted by atomic mass is 16.5. The van der Waals surface area contributed by atoms with E-state index in [0.717, 1.165) is 24.9 Å². The zero-order valence-corrected chi connectivity index (χ0v) is 17.9. The number of ether oxygens (including phenoxy) is 2. The standard InChI is InChI=1S/C25H29NO5/c1-29-22-17-21-23(19(27)16-20(31-21)18-10-4-2-5-11-18)24(28)25(22)30-15-9-8-14-26-12-6-3-7-13-26/h2,4-5,10-11,16-17,28H,3,6-9,12-15H2,1H3. The highest BCUT2D eigenvalue weighted by molar-refractivity contribution is 5.89. The normalized spacial score (nSPS) is 14.6. The number of fused-ring (bicyclic) bond motifs is 1. The van der Waals surface area contributed by atoms with Crippen molar-refractivity contribution in [2.24, 2.45) is 0 Å². The lowest BCUT2D eigenvalue weighted by atomic mass is 10.1. The van der Waals surface area contributed by atoms with Gasteiger partial charge in [-0.15, -0.1) is 0 Å². The van der Waals surface area contributed by atoms with Crippen molar-refractivity contribution >= 4 is 11.0 Å². The zero-order chi connectivity index (χ0) is 21.6. The van der Waals surface area contributed by atoms with Gasteiger partial charge >= 0.3 is 0 Å². The molecule has 4 rings (SSSR count). The Hall–Kier alpha value is -2.99. The molecule has 1 fully saturated rings. The fraction of sp³-hybridized carbons (Fsp3) is 0.400. The molecule has 0 amide bonds. The Labute approximate surface area is 182 Å². The minimum Gasteiger partial charge on any atom is -0.504 e. The summed E-state index contributed by atoms with van der Waals surface area (Å²) in [6.07, 6.45) is 5.79. The van der Waals surface area contributed by atoms with E-state index in [1.54, 1.807) is 6.07 Å². The smallest absolute Gasteiger partial charge is 0.204 e. The van der Waals surface area contributed by atoms with Crippen LogP contribution in [0.2, 0.25) is 0 Å². The number of nitrogens with zero attached hydrogens (tertiary/aromatic N) is 1. The molecule has 0 aliphatic carbocycles. The second kappa shape index (κ2) is 9.88. The van der Waals surface area contributed by atoms with Gasteiger partial charge in [0.15, 0.2) is 16.9 Å². The zero-order valence-electron chi connectivity index (χ0n) is 17.9. The van der Waals surface area contributed by atoms with Crippen LogP contribution >= 0.6 is 0 Å². The van der Waals surface area contributed by atoms with E-state index in [0.29, 0.717) is 18.1 Å². The van der Waals surface area contributed by atoms with Crippen LogP contribution in [0.15, 0.2) is 51.7 Å². The van der Waals surface area contributed by atoms with Crippen LogP contribution in [-0.4, -0.2) is 43.4 Å². The third-order valence-corrected chi connectivity index (χ3v) is 5.75. The van der Waals surface area contributed by atoms with Crippen molar-refractivity contribution in [1.82, 2.24) is 4.90 Å². The third-order valence-electron chi connectivity index (χ3n) is 5.75. The summed E-state index contributed by atoms with van der Waals surface area (Å²) in [6, 6.07) is 12.4. The van der Waals surface area contributed by atoms with Crippen molar-refractivity contribution in [3.63, 3.8) is 0 Å². The Bertz CT molecular complexity index is 1070. The first-order valence-corrected chi connectivity index (χ1v) is 11.0. The van der Waals surface area contributed by atoms with Gasteiger partial charge in [0.05, 0.1) is 13.7 Å². The van der Waals surface area contributed by atoms with Gasteiger partial charge in [-0.25, -0.2) is 0 Å². The molecule has 0 unspecified atom stereocenters. The lowest BCUT2D eigenvalue weighted by molar-refractivity contribution is 0.213. The van der Waals surface area contributed by atoms with Crippen molar-refractivity contribution in [3.8, 4) is 28.6 Å². The van der Waals surface area contributed by atoms with Gasteiger partial charge in [0.1, 0.15) is 16.7 Å². The molecule has 2 heterocycles. The van der Waals surface area contributed by atoms with Crippen LogP contribution in [0.4, 0.5) is 0 Å². The summed E-state index contributed by atoms with van der Waals surface area (Å²) >= 11 is 0. The van der Waals surface area contributed by atoms with E-state index in [9.17, 15) is 9.90 Å². The monoisotopic (exact) mass is 423 g/mol. The molecule has 6 nitrogen and oxygen atoms in total. The number of phenols is 1. The van der Waals surface area contributed by atoms with E-state index in [1.807, 2.05) is 30.3 Å². The van der Waals surface area contributed by atoms with Gasteiger partial charge in [0, 0.05) is 17.7 Å². The SMILES string of the molecule is COc1cc2oc(-c3ccccc3)cc(=O)c2c(O)c1OCCCCN1CCCCC1. The van der Waals surface area contributed by atoms with Gasteiger partial charge in [-0.2, -0.15) is 0 Å². The average molecular weight is 424 g/mol. The first-order chi connectivity index (χ1) is 15.2. The van der Waals surface area contributed by atoms with E-state index in [1.165, 1.54) is 45.5 Å². The summed E-state index contributed by atoms with van der Waals surface area (Å²) in [4.78, 5) is 15.3. The highest BCUT2D eigenvalue weighted by Gasteiger charge is 2.20. The predicted octanol–water partition coefficient (Wildman–Crippen LogP) is 4.82. The largest absolute Gasteiger partial charge is 0.504 e. The molecule has 1 aromatic heterocycles. The number of unbranched alkanes of at least 4 members (excludes halogenated alkanes) is 1. The van der Waals surface area contributed by atoms with Crippen LogP contribution in [0.3, 0.4) is 0 Å². The minimum atomic E-state index is -0.324. The van der Waals surface area contributed by atoms with Gasteiger partial charge in [0.2, 0.25) is 5.75 Å². The molecule has 31 heavy (non-hydrogen) atoms. The molecule has 0 atom stereocenters. The third kappa shape index (κ3) is 4.85. The van der Waals surface area contributed by atoms with Crippen LogP contribution in [0.1, 0.15) is 32.1 Å². The Kier molecular flexibility index (Phi) is 6.77. The van der Waals surface area contributed by atoms with Gasteiger partial charge in [-0.05, 0) is 45.3 Å². The maximum Gasteiger partial charge on any atom is 0.204 e. The van der Waals surface area contributed by atoms with E-state index in [4.69, 9.17) is 13.9 Å². The maximum atomic E-state index is 12.8. The number of likely N-dealkylation sites (tertiary alicyclic amines) is 1. The van der Waals surface area contributed by atoms with Crippen LogP contribution in [0, 0.1) is 0 Å². The van der Waals surface area contributed by atoms with Crippen molar-refractivity contribution in [1.29, 1.82) is 0 Å². The van der Waals surface area contributed by atoms with Crippen molar-refractivity contribution in [3.05, 3.63) is 52.7 Å². The van der Waals surface area contributed by atoms with Crippen molar-refractivity contribution < 1.29 is 19.0 Å². The summed E-state index contributed by atoms with van der Waals surface area (Å²) < 4.78 is 17.2. The number of hydrogen-bond donors (Lipinski definition) is 1. The Morgan fingerprint density at radius 2 is 1.84 bits per heavy atom. The number of rotatable bonds is 8. The molecule has 3 aromatic rings. The molecule has 1 aliphatic rings. The van der Waals surface area contributed by atoms with Crippen LogP contribution in [0.25, 0.3) is 22.3 Å². The highest BCUT2D eigenvalue weighted by Crippen LogP contribution is 2.42. The lowest BCUT2D eigenvalue weighted by Gasteiger charge is -2.26. The van der Waals surface area contributed by atoms with Gasteiger partial charge in [-0.3, -0.25) is 4.79 Å². The first kappa shape index (κ1) is 21.2. The summed E-state index contributed by atoms with van der Waals surface area (Å²) in [6.45, 7) is 3.87. The minimum absolute atomic E-state index is 0.101. The van der Waals surface area contributed by atoms with Crippen LogP contribution < -0.4 is 14.9 Å².